The zero-order valence-electron chi connectivity index (χ0n) is 13.7. The Labute approximate surface area is 142 Å². The van der Waals surface area contributed by atoms with Gasteiger partial charge in [0.25, 0.3) is 0 Å². The topological polar surface area (TPSA) is 0 Å². The Morgan fingerprint density at radius 2 is 0.913 bits per heavy atom. The van der Waals surface area contributed by atoms with Crippen LogP contribution in [-0.2, 0) is 0 Å². The van der Waals surface area contributed by atoms with E-state index in [9.17, 15) is 0 Å². The van der Waals surface area contributed by atoms with E-state index >= 15 is 0 Å². The molecule has 0 saturated carbocycles. The molecule has 0 saturated heterocycles. The average Bonchev–Trinajstić information content (AvgIpc) is 2.65. The van der Waals surface area contributed by atoms with Gasteiger partial charge in [0.05, 0.1) is 0 Å². The summed E-state index contributed by atoms with van der Waals surface area (Å²) in [7, 11) is 0. The SMILES string of the molecule is CCCC[As+](c1ccccc1)(c1ccccc1)c1ccccc1. The molecule has 0 unspecified atom stereocenters. The molecule has 116 valence electrons. The van der Waals surface area contributed by atoms with E-state index in [1.165, 1.54) is 18.1 Å². The van der Waals surface area contributed by atoms with Gasteiger partial charge in [0.2, 0.25) is 0 Å². The molecule has 0 aliphatic rings. The van der Waals surface area contributed by atoms with Crippen molar-refractivity contribution >= 4 is 26.6 Å². The van der Waals surface area contributed by atoms with E-state index in [0.29, 0.717) is 0 Å². The molecule has 1 heteroatoms. The first kappa shape index (κ1) is 16.1. The molecule has 0 radical (unpaired) electrons. The Hall–Kier alpha value is -1.78. The molecule has 0 bridgehead atoms. The van der Waals surface area contributed by atoms with E-state index in [0.717, 1.165) is 0 Å². The summed E-state index contributed by atoms with van der Waals surface area (Å²) in [6.45, 7) is 2.30. The first-order valence-corrected chi connectivity index (χ1v) is 12.6. The molecule has 0 nitrogen and oxygen atoms in total. The van der Waals surface area contributed by atoms with Crippen LogP contribution in [0.5, 0.6) is 0 Å². The van der Waals surface area contributed by atoms with E-state index < -0.39 is 13.6 Å². The van der Waals surface area contributed by atoms with Gasteiger partial charge in [0, 0.05) is 0 Å². The van der Waals surface area contributed by atoms with Crippen LogP contribution in [0.1, 0.15) is 19.8 Å². The van der Waals surface area contributed by atoms with Gasteiger partial charge in [-0.15, -0.1) is 0 Å². The van der Waals surface area contributed by atoms with Crippen LogP contribution < -0.4 is 13.1 Å². The summed E-state index contributed by atoms with van der Waals surface area (Å²) in [5.74, 6) is 0. The number of unbranched alkanes of at least 4 members (excludes halogenated alkanes) is 1. The van der Waals surface area contributed by atoms with Gasteiger partial charge in [-0.1, -0.05) is 0 Å². The molecular weight excluding hydrogens is 339 g/mol. The zero-order valence-corrected chi connectivity index (χ0v) is 15.6. The third-order valence-corrected chi connectivity index (χ3v) is 13.9. The molecule has 0 amide bonds. The van der Waals surface area contributed by atoms with Gasteiger partial charge < -0.3 is 0 Å². The monoisotopic (exact) mass is 363 g/mol. The van der Waals surface area contributed by atoms with Gasteiger partial charge in [-0.05, 0) is 0 Å². The third-order valence-electron chi connectivity index (χ3n) is 4.44. The Bertz CT molecular complexity index is 608. The Kier molecular flexibility index (Phi) is 5.36. The van der Waals surface area contributed by atoms with Crippen molar-refractivity contribution in [2.45, 2.75) is 25.0 Å². The molecule has 0 heterocycles. The molecule has 0 spiro atoms. The Balaban J connectivity index is 2.25. The van der Waals surface area contributed by atoms with Gasteiger partial charge in [0.1, 0.15) is 0 Å². The maximum atomic E-state index is 2.35. The van der Waals surface area contributed by atoms with Gasteiger partial charge in [0.15, 0.2) is 0 Å². The van der Waals surface area contributed by atoms with E-state index in [1.807, 2.05) is 0 Å². The number of hydrogen-bond acceptors (Lipinski definition) is 0. The minimum absolute atomic E-state index is 1.25. The number of rotatable bonds is 6. The predicted molar refractivity (Wildman–Crippen MR) is 104 cm³/mol. The second kappa shape index (κ2) is 7.66. The van der Waals surface area contributed by atoms with E-state index in [-0.39, 0.29) is 0 Å². The van der Waals surface area contributed by atoms with E-state index in [1.54, 1.807) is 13.1 Å². The zero-order chi connectivity index (χ0) is 16.0. The Morgan fingerprint density at radius 1 is 0.565 bits per heavy atom. The molecule has 0 aliphatic carbocycles. The molecule has 0 aromatic heterocycles. The molecule has 0 atom stereocenters. The summed E-state index contributed by atoms with van der Waals surface area (Å²) < 4.78 is 4.66. The average molecular weight is 363 g/mol. The van der Waals surface area contributed by atoms with E-state index in [4.69, 9.17) is 0 Å². The number of benzene rings is 3. The van der Waals surface area contributed by atoms with Crippen molar-refractivity contribution in [1.82, 2.24) is 0 Å². The summed E-state index contributed by atoms with van der Waals surface area (Å²) in [6, 6.07) is 33.7. The maximum absolute atomic E-state index is 2.39. The Morgan fingerprint density at radius 3 is 1.22 bits per heavy atom. The van der Waals surface area contributed by atoms with Gasteiger partial charge >= 0.3 is 143 Å². The fraction of sp³-hybridized carbons (Fsp3) is 0.182. The molecule has 0 aliphatic heterocycles. The first-order chi connectivity index (χ1) is 11.4. The molecule has 3 aromatic carbocycles. The van der Waals surface area contributed by atoms with Gasteiger partial charge in [-0.25, -0.2) is 0 Å². The fourth-order valence-corrected chi connectivity index (χ4v) is 12.7. The first-order valence-electron chi connectivity index (χ1n) is 8.43. The molecular formula is C22H24As+. The van der Waals surface area contributed by atoms with Crippen molar-refractivity contribution in [2.24, 2.45) is 0 Å². The summed E-state index contributed by atoms with van der Waals surface area (Å²) in [5.41, 5.74) is 0. The van der Waals surface area contributed by atoms with Gasteiger partial charge in [-0.2, -0.15) is 0 Å². The van der Waals surface area contributed by atoms with Crippen LogP contribution in [0.25, 0.3) is 0 Å². The standard InChI is InChI=1S/C22H24As/c1-2-3-19-23(20-13-7-4-8-14-20,21-15-9-5-10-16-21)22-17-11-6-12-18-22/h4-18H,2-3,19H2,1H3/q+1. The molecule has 23 heavy (non-hydrogen) atoms. The van der Waals surface area contributed by atoms with Crippen LogP contribution in [0.15, 0.2) is 91.0 Å². The van der Waals surface area contributed by atoms with Crippen LogP contribution in [0, 0.1) is 0 Å². The van der Waals surface area contributed by atoms with Crippen molar-refractivity contribution in [3.63, 3.8) is 0 Å². The fourth-order valence-electron chi connectivity index (χ4n) is 3.28. The second-order valence-electron chi connectivity index (χ2n) is 5.89. The molecule has 3 rings (SSSR count). The third kappa shape index (κ3) is 3.28. The normalized spacial score (nSPS) is 11.3. The van der Waals surface area contributed by atoms with Crippen molar-refractivity contribution in [3.8, 4) is 0 Å². The molecule has 3 aromatic rings. The van der Waals surface area contributed by atoms with Gasteiger partial charge in [-0.3, -0.25) is 0 Å². The van der Waals surface area contributed by atoms with Crippen LogP contribution in [0.2, 0.25) is 5.21 Å². The van der Waals surface area contributed by atoms with Crippen LogP contribution >= 0.6 is 0 Å². The predicted octanol–water partition coefficient (Wildman–Crippen LogP) is 3.96. The van der Waals surface area contributed by atoms with Crippen molar-refractivity contribution in [3.05, 3.63) is 91.0 Å². The van der Waals surface area contributed by atoms with Crippen molar-refractivity contribution in [1.29, 1.82) is 0 Å². The van der Waals surface area contributed by atoms with E-state index in [2.05, 4.69) is 97.9 Å². The summed E-state index contributed by atoms with van der Waals surface area (Å²) >= 11 is -2.39. The minimum atomic E-state index is -2.39. The van der Waals surface area contributed by atoms with Crippen LogP contribution in [0.4, 0.5) is 0 Å². The summed E-state index contributed by atoms with van der Waals surface area (Å²) in [4.78, 5) is 0. The van der Waals surface area contributed by atoms with Crippen LogP contribution in [-0.4, -0.2) is 13.6 Å². The summed E-state index contributed by atoms with van der Waals surface area (Å²) in [6.07, 6.45) is 2.53. The summed E-state index contributed by atoms with van der Waals surface area (Å²) in [5, 5.41) is 1.30. The second-order valence-corrected chi connectivity index (χ2v) is 13.5. The molecule has 0 fully saturated rings. The quantitative estimate of drug-likeness (QED) is 0.582. The van der Waals surface area contributed by atoms with Crippen molar-refractivity contribution < 1.29 is 0 Å². The molecule has 0 N–H and O–H groups in total. The van der Waals surface area contributed by atoms with Crippen molar-refractivity contribution in [2.75, 3.05) is 0 Å². The number of hydrogen-bond donors (Lipinski definition) is 0. The van der Waals surface area contributed by atoms with Crippen LogP contribution in [0.3, 0.4) is 0 Å².